The van der Waals surface area contributed by atoms with Crippen LogP contribution in [0.25, 0.3) is 11.3 Å². The molecule has 4 nitrogen and oxygen atoms in total. The lowest BCUT2D eigenvalue weighted by molar-refractivity contribution is 0.258. The lowest BCUT2D eigenvalue weighted by atomic mass is 10.0. The molecule has 0 radical (unpaired) electrons. The summed E-state index contributed by atoms with van der Waals surface area (Å²) in [5.41, 5.74) is 3.40. The number of nitrogens with one attached hydrogen (secondary N) is 1. The molecule has 3 unspecified atom stereocenters. The molecule has 1 aliphatic rings. The van der Waals surface area contributed by atoms with Gasteiger partial charge in [0.15, 0.2) is 0 Å². The molecule has 134 valence electrons. The van der Waals surface area contributed by atoms with Crippen LogP contribution in [0.1, 0.15) is 50.5 Å². The molecular formula is C20H27N3OS. The van der Waals surface area contributed by atoms with Crippen molar-refractivity contribution in [1.82, 2.24) is 14.3 Å². The normalized spacial score (nSPS) is 21.5. The highest BCUT2D eigenvalue weighted by atomic mass is 32.2. The standard InChI is InChI=1S/C20H27N3OS/c1-4-7-16(3)25(24)23-13-6-5-8-19(23)20-21-14-18(22-20)17-11-9-15(2)10-12-17/h4,7,9-12,14,16,19H,5-6,8,13H2,1-3H3,(H,21,22). The van der Waals surface area contributed by atoms with Gasteiger partial charge in [-0.2, -0.15) is 0 Å². The molecule has 1 saturated heterocycles. The number of nitrogens with zero attached hydrogens (tertiary/aromatic N) is 2. The number of H-pyrrole nitrogens is 1. The third-order valence-corrected chi connectivity index (χ3v) is 6.43. The second kappa shape index (κ2) is 8.11. The average molecular weight is 358 g/mol. The van der Waals surface area contributed by atoms with Gasteiger partial charge >= 0.3 is 0 Å². The highest BCUT2D eigenvalue weighted by Crippen LogP contribution is 2.32. The Morgan fingerprint density at radius 3 is 2.80 bits per heavy atom. The topological polar surface area (TPSA) is 49.0 Å². The summed E-state index contributed by atoms with van der Waals surface area (Å²) in [6.45, 7) is 6.94. The van der Waals surface area contributed by atoms with Gasteiger partial charge in [-0.25, -0.2) is 13.5 Å². The van der Waals surface area contributed by atoms with Crippen molar-refractivity contribution >= 4 is 11.0 Å². The van der Waals surface area contributed by atoms with Crippen molar-refractivity contribution in [3.63, 3.8) is 0 Å². The number of benzene rings is 1. The monoisotopic (exact) mass is 357 g/mol. The van der Waals surface area contributed by atoms with Gasteiger partial charge in [0.2, 0.25) is 0 Å². The van der Waals surface area contributed by atoms with Crippen LogP contribution in [0, 0.1) is 6.92 Å². The van der Waals surface area contributed by atoms with E-state index in [1.54, 1.807) is 0 Å². The number of piperidine rings is 1. The number of hydrogen-bond acceptors (Lipinski definition) is 2. The van der Waals surface area contributed by atoms with Gasteiger partial charge < -0.3 is 4.98 Å². The highest BCUT2D eigenvalue weighted by Gasteiger charge is 2.31. The molecule has 3 rings (SSSR count). The molecule has 1 aromatic carbocycles. The summed E-state index contributed by atoms with van der Waals surface area (Å²) >= 11 is 0. The molecule has 3 atom stereocenters. The Kier molecular flexibility index (Phi) is 5.86. The van der Waals surface area contributed by atoms with Crippen LogP contribution in [0.4, 0.5) is 0 Å². The van der Waals surface area contributed by atoms with E-state index in [1.807, 2.05) is 32.2 Å². The van der Waals surface area contributed by atoms with E-state index in [1.165, 1.54) is 5.56 Å². The number of allylic oxidation sites excluding steroid dienone is 1. The molecule has 1 aromatic heterocycles. The molecule has 2 heterocycles. The number of hydrogen-bond donors (Lipinski definition) is 1. The number of imidazole rings is 1. The van der Waals surface area contributed by atoms with E-state index in [0.717, 1.165) is 42.9 Å². The Hall–Kier alpha value is -1.72. The first-order valence-electron chi connectivity index (χ1n) is 9.02. The smallest absolute Gasteiger partial charge is 0.124 e. The zero-order valence-electron chi connectivity index (χ0n) is 15.2. The van der Waals surface area contributed by atoms with Gasteiger partial charge in [-0.05, 0) is 39.2 Å². The Morgan fingerprint density at radius 2 is 2.08 bits per heavy atom. The SMILES string of the molecule is CC=CC(C)S(=O)N1CCCCC1c1ncc(-c2ccc(C)cc2)[nH]1. The molecule has 5 heteroatoms. The zero-order valence-corrected chi connectivity index (χ0v) is 16.1. The molecule has 0 aliphatic carbocycles. The lowest BCUT2D eigenvalue weighted by Crippen LogP contribution is -2.38. The number of aromatic nitrogens is 2. The lowest BCUT2D eigenvalue weighted by Gasteiger charge is -2.34. The fourth-order valence-corrected chi connectivity index (χ4v) is 4.82. The van der Waals surface area contributed by atoms with Crippen LogP contribution in [0.5, 0.6) is 0 Å². The van der Waals surface area contributed by atoms with Crippen LogP contribution in [-0.2, 0) is 11.0 Å². The summed E-state index contributed by atoms with van der Waals surface area (Å²) < 4.78 is 15.0. The number of aromatic amines is 1. The van der Waals surface area contributed by atoms with Crippen molar-refractivity contribution < 1.29 is 4.21 Å². The predicted molar refractivity (Wildman–Crippen MR) is 104 cm³/mol. The summed E-state index contributed by atoms with van der Waals surface area (Å²) in [5.74, 6) is 0.927. The molecule has 0 saturated carbocycles. The quantitative estimate of drug-likeness (QED) is 0.799. The average Bonchev–Trinajstić information content (AvgIpc) is 3.12. The van der Waals surface area contributed by atoms with Gasteiger partial charge in [-0.1, -0.05) is 48.4 Å². The maximum absolute atomic E-state index is 12.9. The molecular weight excluding hydrogens is 330 g/mol. The summed E-state index contributed by atoms with van der Waals surface area (Å²) in [7, 11) is -1.03. The first-order chi connectivity index (χ1) is 12.1. The second-order valence-electron chi connectivity index (χ2n) is 6.71. The van der Waals surface area contributed by atoms with E-state index in [4.69, 9.17) is 0 Å². The minimum atomic E-state index is -1.03. The Balaban J connectivity index is 1.83. The van der Waals surface area contributed by atoms with Crippen LogP contribution in [0.3, 0.4) is 0 Å². The highest BCUT2D eigenvalue weighted by molar-refractivity contribution is 7.83. The first-order valence-corrected chi connectivity index (χ1v) is 10.2. The van der Waals surface area contributed by atoms with Crippen molar-refractivity contribution in [2.45, 2.75) is 51.3 Å². The molecule has 1 aliphatic heterocycles. The number of rotatable bonds is 5. The van der Waals surface area contributed by atoms with Crippen molar-refractivity contribution in [3.8, 4) is 11.3 Å². The molecule has 0 bridgehead atoms. The van der Waals surface area contributed by atoms with Gasteiger partial charge in [-0.3, -0.25) is 0 Å². The molecule has 1 fully saturated rings. The van der Waals surface area contributed by atoms with Crippen LogP contribution in [0.15, 0.2) is 42.6 Å². The van der Waals surface area contributed by atoms with Crippen LogP contribution >= 0.6 is 0 Å². The fraction of sp³-hybridized carbons (Fsp3) is 0.450. The maximum Gasteiger partial charge on any atom is 0.124 e. The largest absolute Gasteiger partial charge is 0.341 e. The molecule has 1 N–H and O–H groups in total. The predicted octanol–water partition coefficient (Wildman–Crippen LogP) is 4.54. The zero-order chi connectivity index (χ0) is 17.8. The third-order valence-electron chi connectivity index (χ3n) is 4.74. The number of aryl methyl sites for hydroxylation is 1. The van der Waals surface area contributed by atoms with Crippen LogP contribution in [-0.4, -0.2) is 30.3 Å². The van der Waals surface area contributed by atoms with Crippen molar-refractivity contribution in [1.29, 1.82) is 0 Å². The first kappa shape index (κ1) is 18.1. The van der Waals surface area contributed by atoms with Gasteiger partial charge in [0.1, 0.15) is 16.8 Å². The minimum Gasteiger partial charge on any atom is -0.341 e. The summed E-state index contributed by atoms with van der Waals surface area (Å²) in [4.78, 5) is 8.10. The third kappa shape index (κ3) is 4.10. The minimum absolute atomic E-state index is 0.0251. The summed E-state index contributed by atoms with van der Waals surface area (Å²) in [6.07, 6.45) is 9.12. The molecule has 2 aromatic rings. The maximum atomic E-state index is 12.9. The fourth-order valence-electron chi connectivity index (χ4n) is 3.33. The summed E-state index contributed by atoms with van der Waals surface area (Å²) in [6, 6.07) is 8.53. The van der Waals surface area contributed by atoms with E-state index in [-0.39, 0.29) is 11.3 Å². The van der Waals surface area contributed by atoms with E-state index in [0.29, 0.717) is 0 Å². The van der Waals surface area contributed by atoms with Crippen molar-refractivity contribution in [2.24, 2.45) is 0 Å². The Bertz CT molecular complexity index is 751. The van der Waals surface area contributed by atoms with Gasteiger partial charge in [0.05, 0.1) is 23.2 Å². The van der Waals surface area contributed by atoms with E-state index in [2.05, 4.69) is 45.5 Å². The van der Waals surface area contributed by atoms with Crippen LogP contribution < -0.4 is 0 Å². The molecule has 0 spiro atoms. The van der Waals surface area contributed by atoms with E-state index in [9.17, 15) is 4.21 Å². The van der Waals surface area contributed by atoms with Gasteiger partial charge in [-0.15, -0.1) is 0 Å². The van der Waals surface area contributed by atoms with E-state index < -0.39 is 11.0 Å². The molecule has 25 heavy (non-hydrogen) atoms. The van der Waals surface area contributed by atoms with Gasteiger partial charge in [0, 0.05) is 6.54 Å². The van der Waals surface area contributed by atoms with E-state index >= 15 is 0 Å². The second-order valence-corrected chi connectivity index (χ2v) is 8.47. The van der Waals surface area contributed by atoms with Gasteiger partial charge in [0.25, 0.3) is 0 Å². The summed E-state index contributed by atoms with van der Waals surface area (Å²) in [5, 5.41) is 0.0251. The van der Waals surface area contributed by atoms with Crippen molar-refractivity contribution in [3.05, 3.63) is 54.0 Å². The Labute approximate surface area is 153 Å². The van der Waals surface area contributed by atoms with Crippen molar-refractivity contribution in [2.75, 3.05) is 6.54 Å². The Morgan fingerprint density at radius 1 is 1.32 bits per heavy atom. The molecule has 0 amide bonds. The van der Waals surface area contributed by atoms with Crippen LogP contribution in [0.2, 0.25) is 0 Å².